The van der Waals surface area contributed by atoms with Gasteiger partial charge in [-0.1, -0.05) is 13.8 Å². The van der Waals surface area contributed by atoms with Crippen molar-refractivity contribution in [3.05, 3.63) is 65.6 Å². The van der Waals surface area contributed by atoms with Gasteiger partial charge in [-0.25, -0.2) is 4.68 Å². The number of carbonyl (C=O) groups is 1. The van der Waals surface area contributed by atoms with Gasteiger partial charge >= 0.3 is 0 Å². The van der Waals surface area contributed by atoms with Crippen molar-refractivity contribution in [2.24, 2.45) is 5.41 Å². The van der Waals surface area contributed by atoms with Gasteiger partial charge in [0.2, 0.25) is 5.95 Å². The molecule has 1 N–H and O–H groups in total. The van der Waals surface area contributed by atoms with E-state index in [1.165, 1.54) is 0 Å². The van der Waals surface area contributed by atoms with Crippen LogP contribution in [0.15, 0.2) is 60.1 Å². The summed E-state index contributed by atoms with van der Waals surface area (Å²) in [5.41, 5.74) is 4.70. The number of benzene rings is 1. The Kier molecular flexibility index (Phi) is 4.43. The van der Waals surface area contributed by atoms with E-state index in [9.17, 15) is 4.79 Å². The molecule has 0 radical (unpaired) electrons. The lowest BCUT2D eigenvalue weighted by Gasteiger charge is -2.38. The third kappa shape index (κ3) is 3.40. The summed E-state index contributed by atoms with van der Waals surface area (Å²) >= 11 is 0. The molecule has 1 aliphatic heterocycles. The van der Waals surface area contributed by atoms with Crippen LogP contribution in [-0.2, 0) is 4.79 Å². The number of aromatic nitrogens is 4. The first kappa shape index (κ1) is 19.5. The number of nitrogens with one attached hydrogen (secondary N) is 1. The van der Waals surface area contributed by atoms with Gasteiger partial charge in [0.05, 0.1) is 0 Å². The van der Waals surface area contributed by atoms with Crippen LogP contribution in [0.1, 0.15) is 38.3 Å². The molecule has 1 aromatic carbocycles. The van der Waals surface area contributed by atoms with E-state index in [4.69, 9.17) is 10.1 Å². The monoisotopic (exact) mass is 414 g/mol. The van der Waals surface area contributed by atoms with Crippen molar-refractivity contribution in [2.45, 2.75) is 32.7 Å². The minimum atomic E-state index is -0.305. The van der Waals surface area contributed by atoms with Crippen LogP contribution < -0.4 is 10.2 Å². The van der Waals surface area contributed by atoms with Crippen molar-refractivity contribution < 1.29 is 4.79 Å². The fraction of sp³-hybridized carbons (Fsp3) is 0.333. The predicted octanol–water partition coefficient (Wildman–Crippen LogP) is 4.06. The molecule has 0 amide bonds. The minimum absolute atomic E-state index is 0.0846. The van der Waals surface area contributed by atoms with E-state index in [0.717, 1.165) is 34.5 Å². The number of Topliss-reactive ketones (excluding diaryl/α,β-unsaturated/α-hetero) is 1. The van der Waals surface area contributed by atoms with Crippen LogP contribution in [0, 0.1) is 5.41 Å². The number of rotatable bonds is 3. The van der Waals surface area contributed by atoms with E-state index in [1.54, 1.807) is 12.4 Å². The highest BCUT2D eigenvalue weighted by Gasteiger charge is 2.41. The molecular weight excluding hydrogens is 388 g/mol. The third-order valence-corrected chi connectivity index (χ3v) is 6.00. The highest BCUT2D eigenvalue weighted by atomic mass is 16.1. The van der Waals surface area contributed by atoms with Crippen molar-refractivity contribution in [1.29, 1.82) is 0 Å². The van der Waals surface area contributed by atoms with E-state index in [1.807, 2.05) is 43.0 Å². The molecule has 0 bridgehead atoms. The van der Waals surface area contributed by atoms with Crippen molar-refractivity contribution in [2.75, 3.05) is 24.3 Å². The van der Waals surface area contributed by atoms with Gasteiger partial charge in [-0.2, -0.15) is 4.98 Å². The Bertz CT molecular complexity index is 1170. The quantitative estimate of drug-likeness (QED) is 0.696. The molecule has 3 heterocycles. The smallest absolute Gasteiger partial charge is 0.226 e. The van der Waals surface area contributed by atoms with Crippen LogP contribution >= 0.6 is 0 Å². The number of hydrogen-bond acceptors (Lipinski definition) is 6. The van der Waals surface area contributed by atoms with E-state index < -0.39 is 0 Å². The number of pyridine rings is 1. The summed E-state index contributed by atoms with van der Waals surface area (Å²) in [4.78, 5) is 24.2. The average molecular weight is 415 g/mol. The molecule has 7 heteroatoms. The fourth-order valence-electron chi connectivity index (χ4n) is 4.49. The Morgan fingerprint density at radius 2 is 1.77 bits per heavy atom. The number of carbonyl (C=O) groups excluding carboxylic acids is 1. The van der Waals surface area contributed by atoms with Gasteiger partial charge in [-0.15, -0.1) is 5.10 Å². The van der Waals surface area contributed by atoms with Gasteiger partial charge in [-0.3, -0.25) is 9.78 Å². The summed E-state index contributed by atoms with van der Waals surface area (Å²) in [6.45, 7) is 4.27. The summed E-state index contributed by atoms with van der Waals surface area (Å²) in [6.07, 6.45) is 4.84. The molecule has 1 aliphatic carbocycles. The van der Waals surface area contributed by atoms with Crippen LogP contribution in [0.4, 0.5) is 11.6 Å². The summed E-state index contributed by atoms with van der Waals surface area (Å²) in [5, 5.41) is 8.27. The van der Waals surface area contributed by atoms with Crippen LogP contribution in [0.3, 0.4) is 0 Å². The fourth-order valence-corrected chi connectivity index (χ4v) is 4.49. The Balaban J connectivity index is 1.62. The first-order valence-electron chi connectivity index (χ1n) is 10.5. The second kappa shape index (κ2) is 7.04. The summed E-state index contributed by atoms with van der Waals surface area (Å²) in [7, 11) is 4.03. The molecule has 0 fully saturated rings. The zero-order valence-electron chi connectivity index (χ0n) is 18.3. The number of anilines is 2. The number of ketones is 1. The van der Waals surface area contributed by atoms with Gasteiger partial charge in [0.15, 0.2) is 11.6 Å². The molecule has 1 atom stereocenters. The molecule has 5 rings (SSSR count). The summed E-state index contributed by atoms with van der Waals surface area (Å²) < 4.78 is 1.85. The molecule has 158 valence electrons. The predicted molar refractivity (Wildman–Crippen MR) is 121 cm³/mol. The molecule has 31 heavy (non-hydrogen) atoms. The topological polar surface area (TPSA) is 75.9 Å². The summed E-state index contributed by atoms with van der Waals surface area (Å²) in [6, 6.07) is 11.8. The zero-order valence-corrected chi connectivity index (χ0v) is 18.3. The highest BCUT2D eigenvalue weighted by Crippen LogP contribution is 2.45. The summed E-state index contributed by atoms with van der Waals surface area (Å²) in [5.74, 6) is 1.47. The van der Waals surface area contributed by atoms with Crippen LogP contribution in [0.5, 0.6) is 0 Å². The highest BCUT2D eigenvalue weighted by molar-refractivity contribution is 6.00. The minimum Gasteiger partial charge on any atom is -0.378 e. The first-order chi connectivity index (χ1) is 14.8. The van der Waals surface area contributed by atoms with Gasteiger partial charge < -0.3 is 10.2 Å². The second-order valence-corrected chi connectivity index (χ2v) is 9.29. The standard InChI is InChI=1S/C24H26N6O/c1-24(2)13-18-20(19(31)14-24)21(15-9-11-25-12-10-15)30-23(26-18)27-22(28-30)16-5-7-17(8-6-16)29(3)4/h5-12,21H,13-14H2,1-4H3,(H,26,27,28)/t21-/m0/s1. The van der Waals surface area contributed by atoms with Gasteiger partial charge in [0.25, 0.3) is 0 Å². The number of nitrogens with zero attached hydrogens (tertiary/aromatic N) is 5. The van der Waals surface area contributed by atoms with Crippen LogP contribution in [0.25, 0.3) is 11.4 Å². The number of hydrogen-bond donors (Lipinski definition) is 1. The molecule has 7 nitrogen and oxygen atoms in total. The molecular formula is C24H26N6O. The third-order valence-electron chi connectivity index (χ3n) is 6.00. The Labute approximate surface area is 181 Å². The Morgan fingerprint density at radius 1 is 1.06 bits per heavy atom. The SMILES string of the molecule is CN(C)c1ccc(-c2nc3n(n2)[C@@H](c2ccncc2)C2=C(CC(C)(C)CC2=O)N3)cc1. The van der Waals surface area contributed by atoms with Crippen molar-refractivity contribution >= 4 is 17.4 Å². The maximum Gasteiger partial charge on any atom is 0.226 e. The average Bonchev–Trinajstić information content (AvgIpc) is 3.15. The number of allylic oxidation sites excluding steroid dienone is 2. The van der Waals surface area contributed by atoms with Gasteiger partial charge in [0.1, 0.15) is 6.04 Å². The van der Waals surface area contributed by atoms with Crippen molar-refractivity contribution in [3.63, 3.8) is 0 Å². The van der Waals surface area contributed by atoms with Crippen LogP contribution in [-0.4, -0.2) is 39.6 Å². The Morgan fingerprint density at radius 3 is 2.45 bits per heavy atom. The molecule has 0 spiro atoms. The van der Waals surface area contributed by atoms with Crippen LogP contribution in [0.2, 0.25) is 0 Å². The maximum atomic E-state index is 13.2. The van der Waals surface area contributed by atoms with Crippen molar-refractivity contribution in [1.82, 2.24) is 19.7 Å². The largest absolute Gasteiger partial charge is 0.378 e. The number of fused-ring (bicyclic) bond motifs is 1. The molecule has 2 aromatic heterocycles. The second-order valence-electron chi connectivity index (χ2n) is 9.29. The lowest BCUT2D eigenvalue weighted by atomic mass is 9.73. The lowest BCUT2D eigenvalue weighted by Crippen LogP contribution is -2.36. The van der Waals surface area contributed by atoms with E-state index in [0.29, 0.717) is 18.2 Å². The zero-order chi connectivity index (χ0) is 21.8. The normalized spacial score (nSPS) is 19.5. The van der Waals surface area contributed by atoms with Gasteiger partial charge in [-0.05, 0) is 53.8 Å². The van der Waals surface area contributed by atoms with E-state index in [2.05, 4.69) is 41.2 Å². The first-order valence-corrected chi connectivity index (χ1v) is 10.5. The van der Waals surface area contributed by atoms with E-state index in [-0.39, 0.29) is 17.2 Å². The van der Waals surface area contributed by atoms with Gasteiger partial charge in [0, 0.05) is 55.4 Å². The molecule has 3 aromatic rings. The Hall–Kier alpha value is -3.48. The molecule has 0 unspecified atom stereocenters. The lowest BCUT2D eigenvalue weighted by molar-refractivity contribution is -0.118. The van der Waals surface area contributed by atoms with E-state index >= 15 is 0 Å². The maximum absolute atomic E-state index is 13.2. The molecule has 0 saturated heterocycles. The molecule has 0 saturated carbocycles. The molecule has 2 aliphatic rings. The van der Waals surface area contributed by atoms with Crippen molar-refractivity contribution in [3.8, 4) is 11.4 Å².